The maximum Gasteiger partial charge on any atom is 0.338 e. The van der Waals surface area contributed by atoms with Gasteiger partial charge in [-0.2, -0.15) is 0 Å². The molecule has 0 saturated carbocycles. The summed E-state index contributed by atoms with van der Waals surface area (Å²) in [5.74, 6) is 0.969. The molecule has 3 aromatic rings. The van der Waals surface area contributed by atoms with Gasteiger partial charge in [-0.1, -0.05) is 29.5 Å². The van der Waals surface area contributed by atoms with E-state index in [2.05, 4.69) is 20.9 Å². The maximum absolute atomic E-state index is 13.7. The van der Waals surface area contributed by atoms with E-state index in [0.29, 0.717) is 39.6 Å². The van der Waals surface area contributed by atoms with Crippen LogP contribution in [0.25, 0.3) is 6.08 Å². The lowest BCUT2D eigenvalue weighted by atomic mass is 9.96. The molecule has 1 aromatic heterocycles. The molecule has 1 atom stereocenters. The molecule has 7 nitrogen and oxygen atoms in total. The number of thiazole rings is 1. The second kappa shape index (κ2) is 11.3. The van der Waals surface area contributed by atoms with E-state index in [-0.39, 0.29) is 12.2 Å². The second-order valence-electron chi connectivity index (χ2n) is 7.93. The van der Waals surface area contributed by atoms with Gasteiger partial charge in [-0.05, 0) is 85.1 Å². The summed E-state index contributed by atoms with van der Waals surface area (Å²) in [4.78, 5) is 31.9. The molecular formula is C27H27BrN2O5S. The highest BCUT2D eigenvalue weighted by molar-refractivity contribution is 9.10. The first-order valence-electron chi connectivity index (χ1n) is 11.7. The van der Waals surface area contributed by atoms with E-state index in [1.165, 1.54) is 11.3 Å². The zero-order valence-corrected chi connectivity index (χ0v) is 22.9. The molecule has 0 amide bonds. The molecule has 1 aliphatic heterocycles. The van der Waals surface area contributed by atoms with E-state index in [9.17, 15) is 9.59 Å². The van der Waals surface area contributed by atoms with Crippen LogP contribution in [0.1, 0.15) is 44.9 Å². The molecule has 0 aliphatic carbocycles. The number of esters is 1. The number of hydrogen-bond acceptors (Lipinski definition) is 7. The van der Waals surface area contributed by atoms with Gasteiger partial charge in [-0.3, -0.25) is 9.36 Å². The highest BCUT2D eigenvalue weighted by atomic mass is 79.9. The highest BCUT2D eigenvalue weighted by Gasteiger charge is 2.33. The Morgan fingerprint density at radius 3 is 2.44 bits per heavy atom. The van der Waals surface area contributed by atoms with Crippen molar-refractivity contribution in [3.05, 3.63) is 89.0 Å². The number of aromatic nitrogens is 1. The third kappa shape index (κ3) is 5.17. The predicted molar refractivity (Wildman–Crippen MR) is 143 cm³/mol. The van der Waals surface area contributed by atoms with Crippen LogP contribution in [0.3, 0.4) is 0 Å². The van der Waals surface area contributed by atoms with Crippen LogP contribution in [-0.4, -0.2) is 30.4 Å². The van der Waals surface area contributed by atoms with E-state index in [1.807, 2.05) is 62.4 Å². The van der Waals surface area contributed by atoms with Crippen molar-refractivity contribution in [3.63, 3.8) is 0 Å². The molecule has 2 heterocycles. The molecule has 4 rings (SSSR count). The summed E-state index contributed by atoms with van der Waals surface area (Å²) in [6.07, 6.45) is 1.82. The van der Waals surface area contributed by atoms with Crippen LogP contribution < -0.4 is 24.4 Å². The maximum atomic E-state index is 13.7. The molecule has 188 valence electrons. The van der Waals surface area contributed by atoms with Gasteiger partial charge in [0, 0.05) is 0 Å². The predicted octanol–water partition coefficient (Wildman–Crippen LogP) is 4.36. The van der Waals surface area contributed by atoms with Gasteiger partial charge in [0.05, 0.1) is 46.1 Å². The minimum Gasteiger partial charge on any atom is -0.494 e. The van der Waals surface area contributed by atoms with E-state index in [4.69, 9.17) is 14.2 Å². The van der Waals surface area contributed by atoms with Crippen molar-refractivity contribution in [2.45, 2.75) is 33.7 Å². The zero-order valence-electron chi connectivity index (χ0n) is 20.5. The van der Waals surface area contributed by atoms with Crippen LogP contribution in [-0.2, 0) is 9.53 Å². The third-order valence-electron chi connectivity index (χ3n) is 5.58. The summed E-state index contributed by atoms with van der Waals surface area (Å²) in [5.41, 5.74) is 2.27. The number of benzene rings is 2. The third-order valence-corrected chi connectivity index (χ3v) is 7.18. The lowest BCUT2D eigenvalue weighted by Crippen LogP contribution is -2.39. The first-order valence-corrected chi connectivity index (χ1v) is 13.3. The Morgan fingerprint density at radius 2 is 1.81 bits per heavy atom. The molecule has 0 radical (unpaired) electrons. The molecule has 1 aliphatic rings. The Labute approximate surface area is 221 Å². The van der Waals surface area contributed by atoms with Gasteiger partial charge < -0.3 is 14.2 Å². The topological polar surface area (TPSA) is 79.1 Å². The molecule has 2 aromatic carbocycles. The summed E-state index contributed by atoms with van der Waals surface area (Å²) in [7, 11) is 0. The Kier molecular flexibility index (Phi) is 8.11. The summed E-state index contributed by atoms with van der Waals surface area (Å²) in [6, 6.07) is 12.4. The molecule has 0 N–H and O–H groups in total. The summed E-state index contributed by atoms with van der Waals surface area (Å²) in [6.45, 7) is 8.70. The van der Waals surface area contributed by atoms with Crippen molar-refractivity contribution in [2.75, 3.05) is 19.8 Å². The normalized spacial score (nSPS) is 15.4. The van der Waals surface area contributed by atoms with E-state index < -0.39 is 12.0 Å². The standard InChI is InChI=1S/C27H27BrN2O5S/c1-5-33-19-11-9-18(10-12-19)24-23(26(32)35-7-3)16(4)29-27-30(24)25(31)22(36-27)15-17-8-13-21(34-6-2)20(28)14-17/h8-15,24H,5-7H2,1-4H3. The number of hydrogen-bond donors (Lipinski definition) is 0. The Morgan fingerprint density at radius 1 is 1.08 bits per heavy atom. The minimum absolute atomic E-state index is 0.225. The van der Waals surface area contributed by atoms with Gasteiger partial charge in [0.25, 0.3) is 5.56 Å². The van der Waals surface area contributed by atoms with Crippen molar-refractivity contribution in [2.24, 2.45) is 4.99 Å². The average molecular weight is 571 g/mol. The van der Waals surface area contributed by atoms with Crippen LogP contribution in [0.5, 0.6) is 11.5 Å². The van der Waals surface area contributed by atoms with Crippen molar-refractivity contribution in [1.29, 1.82) is 0 Å². The van der Waals surface area contributed by atoms with Crippen molar-refractivity contribution < 1.29 is 19.0 Å². The van der Waals surface area contributed by atoms with Crippen molar-refractivity contribution in [3.8, 4) is 11.5 Å². The van der Waals surface area contributed by atoms with Crippen LogP contribution in [0.15, 0.2) is 68.0 Å². The molecule has 0 spiro atoms. The molecule has 0 fully saturated rings. The average Bonchev–Trinajstić information content (AvgIpc) is 3.15. The Bertz CT molecular complexity index is 1490. The van der Waals surface area contributed by atoms with Crippen molar-refractivity contribution >= 4 is 39.3 Å². The van der Waals surface area contributed by atoms with Gasteiger partial charge >= 0.3 is 5.97 Å². The number of carbonyl (C=O) groups excluding carboxylic acids is 1. The molecule has 9 heteroatoms. The lowest BCUT2D eigenvalue weighted by molar-refractivity contribution is -0.139. The number of halogens is 1. The van der Waals surface area contributed by atoms with Crippen LogP contribution in [0.2, 0.25) is 0 Å². The van der Waals surface area contributed by atoms with Gasteiger partial charge in [-0.25, -0.2) is 9.79 Å². The minimum atomic E-state index is -0.662. The van der Waals surface area contributed by atoms with Gasteiger partial charge in [0.15, 0.2) is 4.80 Å². The number of carbonyl (C=O) groups is 1. The Hall–Kier alpha value is -3.17. The molecule has 0 saturated heterocycles. The molecule has 36 heavy (non-hydrogen) atoms. The Balaban J connectivity index is 1.87. The highest BCUT2D eigenvalue weighted by Crippen LogP contribution is 2.32. The van der Waals surface area contributed by atoms with E-state index >= 15 is 0 Å². The zero-order chi connectivity index (χ0) is 25.8. The van der Waals surface area contributed by atoms with E-state index in [0.717, 1.165) is 21.3 Å². The first kappa shape index (κ1) is 25.9. The number of ether oxygens (including phenoxy) is 3. The second-order valence-corrected chi connectivity index (χ2v) is 9.79. The van der Waals surface area contributed by atoms with Crippen LogP contribution in [0.4, 0.5) is 0 Å². The van der Waals surface area contributed by atoms with Crippen molar-refractivity contribution in [1.82, 2.24) is 4.57 Å². The number of rotatable bonds is 8. The van der Waals surface area contributed by atoms with Crippen LogP contribution in [0, 0.1) is 0 Å². The number of nitrogens with zero attached hydrogens (tertiary/aromatic N) is 2. The quantitative estimate of drug-likeness (QED) is 0.376. The molecular weight excluding hydrogens is 544 g/mol. The SMILES string of the molecule is CCOC(=O)C1=C(C)N=c2sc(=Cc3ccc(OCC)c(Br)c3)c(=O)n2C1c1ccc(OCC)cc1. The largest absolute Gasteiger partial charge is 0.494 e. The lowest BCUT2D eigenvalue weighted by Gasteiger charge is -2.24. The summed E-state index contributed by atoms with van der Waals surface area (Å²) in [5, 5.41) is 0. The fraction of sp³-hybridized carbons (Fsp3) is 0.296. The van der Waals surface area contributed by atoms with E-state index in [1.54, 1.807) is 18.4 Å². The van der Waals surface area contributed by atoms with Gasteiger partial charge in [0.2, 0.25) is 0 Å². The fourth-order valence-corrected chi connectivity index (χ4v) is 5.61. The summed E-state index contributed by atoms with van der Waals surface area (Å²) >= 11 is 4.82. The number of allylic oxidation sites excluding steroid dienone is 1. The first-order chi connectivity index (χ1) is 17.4. The van der Waals surface area contributed by atoms with Gasteiger partial charge in [0.1, 0.15) is 11.5 Å². The van der Waals surface area contributed by atoms with Gasteiger partial charge in [-0.15, -0.1) is 0 Å². The molecule has 1 unspecified atom stereocenters. The summed E-state index contributed by atoms with van der Waals surface area (Å²) < 4.78 is 19.4. The monoisotopic (exact) mass is 570 g/mol. The number of fused-ring (bicyclic) bond motifs is 1. The van der Waals surface area contributed by atoms with Crippen LogP contribution >= 0.6 is 27.3 Å². The molecule has 0 bridgehead atoms. The smallest absolute Gasteiger partial charge is 0.338 e. The fourth-order valence-electron chi connectivity index (χ4n) is 4.05.